The summed E-state index contributed by atoms with van der Waals surface area (Å²) in [6, 6.07) is 17.8. The van der Waals surface area contributed by atoms with Gasteiger partial charge < -0.3 is 24.0 Å². The van der Waals surface area contributed by atoms with E-state index in [1.54, 1.807) is 30.5 Å². The van der Waals surface area contributed by atoms with Crippen molar-refractivity contribution in [2.75, 3.05) is 40.5 Å². The monoisotopic (exact) mass is 606 g/mol. The maximum Gasteiger partial charge on any atom is 0.254 e. The van der Waals surface area contributed by atoms with Gasteiger partial charge in [-0.3, -0.25) is 9.59 Å². The van der Waals surface area contributed by atoms with E-state index in [0.717, 1.165) is 36.1 Å². The molecule has 1 fully saturated rings. The molecule has 0 spiro atoms. The average molecular weight is 607 g/mol. The lowest BCUT2D eigenvalue weighted by Gasteiger charge is -2.29. The van der Waals surface area contributed by atoms with E-state index in [1.807, 2.05) is 52.7 Å². The third kappa shape index (κ3) is 9.83. The van der Waals surface area contributed by atoms with Crippen LogP contribution in [0.4, 0.5) is 0 Å². The predicted molar refractivity (Wildman–Crippen MR) is 172 cm³/mol. The molecule has 0 aliphatic carbocycles. The van der Waals surface area contributed by atoms with Crippen molar-refractivity contribution in [3.63, 3.8) is 0 Å². The van der Waals surface area contributed by atoms with Crippen LogP contribution in [0.2, 0.25) is 0 Å². The maximum absolute atomic E-state index is 13.9. The minimum Gasteiger partial charge on any atom is -0.493 e. The van der Waals surface area contributed by atoms with Gasteiger partial charge in [0.2, 0.25) is 5.91 Å². The van der Waals surface area contributed by atoms with E-state index in [4.69, 9.17) is 14.2 Å². The second-order valence-electron chi connectivity index (χ2n) is 11.2. The number of benzene rings is 2. The van der Waals surface area contributed by atoms with Gasteiger partial charge >= 0.3 is 0 Å². The van der Waals surface area contributed by atoms with Gasteiger partial charge in [0, 0.05) is 30.1 Å². The molecule has 2 heterocycles. The smallest absolute Gasteiger partial charge is 0.254 e. The largest absolute Gasteiger partial charge is 0.493 e. The number of hydrogen-bond donors (Lipinski definition) is 0. The zero-order chi connectivity index (χ0) is 30.4. The number of rotatable bonds is 17. The van der Waals surface area contributed by atoms with E-state index in [1.165, 1.54) is 24.8 Å². The minimum absolute atomic E-state index is 0.00870. The molecule has 2 aromatic carbocycles. The van der Waals surface area contributed by atoms with E-state index >= 15 is 0 Å². The Morgan fingerprint density at radius 2 is 1.72 bits per heavy atom. The normalized spacial score (nSPS) is 14.4. The van der Waals surface area contributed by atoms with Crippen LogP contribution in [0.5, 0.6) is 11.5 Å². The molecule has 1 atom stereocenters. The van der Waals surface area contributed by atoms with Gasteiger partial charge in [-0.15, -0.1) is 11.3 Å². The van der Waals surface area contributed by atoms with Gasteiger partial charge in [0.1, 0.15) is 6.54 Å². The summed E-state index contributed by atoms with van der Waals surface area (Å²) >= 11 is 1.63. The number of unbranched alkanes of at least 4 members (excludes halogenated alkanes) is 3. The third-order valence-electron chi connectivity index (χ3n) is 7.98. The molecule has 8 heteroatoms. The molecule has 0 saturated carbocycles. The van der Waals surface area contributed by atoms with Crippen LogP contribution in [0.15, 0.2) is 60.0 Å². The first-order valence-corrected chi connectivity index (χ1v) is 16.4. The van der Waals surface area contributed by atoms with Crippen LogP contribution in [0, 0.1) is 0 Å². The molecule has 1 unspecified atom stereocenters. The molecule has 7 nitrogen and oxygen atoms in total. The highest BCUT2D eigenvalue weighted by Gasteiger charge is 2.27. The second kappa shape index (κ2) is 17.1. The molecule has 3 aromatic rings. The van der Waals surface area contributed by atoms with Crippen molar-refractivity contribution < 1.29 is 23.8 Å². The van der Waals surface area contributed by atoms with Crippen LogP contribution >= 0.6 is 11.3 Å². The Hall–Kier alpha value is -3.36. The fraction of sp³-hybridized carbons (Fsp3) is 0.486. The highest BCUT2D eigenvalue weighted by Crippen LogP contribution is 2.28. The average Bonchev–Trinajstić information content (AvgIpc) is 3.75. The Morgan fingerprint density at radius 1 is 0.930 bits per heavy atom. The van der Waals surface area contributed by atoms with Gasteiger partial charge in [0.25, 0.3) is 5.91 Å². The molecule has 0 radical (unpaired) electrons. The van der Waals surface area contributed by atoms with E-state index in [-0.39, 0.29) is 24.5 Å². The number of methoxy groups -OCH3 is 2. The maximum atomic E-state index is 13.9. The Morgan fingerprint density at radius 3 is 2.40 bits per heavy atom. The summed E-state index contributed by atoms with van der Waals surface area (Å²) in [6.07, 6.45) is 8.34. The summed E-state index contributed by atoms with van der Waals surface area (Å²) in [5.74, 6) is 1.13. The number of thiophene rings is 1. The molecule has 232 valence electrons. The van der Waals surface area contributed by atoms with Crippen molar-refractivity contribution in [3.8, 4) is 11.5 Å². The number of carbonyl (C=O) groups is 2. The molecule has 1 aromatic heterocycles. The highest BCUT2D eigenvalue weighted by molar-refractivity contribution is 7.09. The number of hydrogen-bond acceptors (Lipinski definition) is 6. The Balaban J connectivity index is 1.47. The fourth-order valence-corrected chi connectivity index (χ4v) is 6.17. The van der Waals surface area contributed by atoms with Gasteiger partial charge in [-0.25, -0.2) is 0 Å². The molecule has 1 aliphatic rings. The first-order valence-electron chi connectivity index (χ1n) is 15.5. The Labute approximate surface area is 260 Å². The van der Waals surface area contributed by atoms with Crippen LogP contribution in [-0.4, -0.2) is 68.2 Å². The summed E-state index contributed by atoms with van der Waals surface area (Å²) in [4.78, 5) is 32.4. The standard InChI is InChI=1S/C35H46N2O5S/c1-4-5-6-7-10-27-13-16-29(17-14-27)35(39)37(24-30-11-8-21-42-30)26-34(38)36(25-31-12-9-22-43-31)20-19-28-15-18-32(40-2)33(23-28)41-3/h9,12-18,22-23,30H,4-8,10-11,19-21,24-26H2,1-3H3. The van der Waals surface area contributed by atoms with Crippen molar-refractivity contribution in [3.05, 3.63) is 81.5 Å². The topological polar surface area (TPSA) is 68.3 Å². The van der Waals surface area contributed by atoms with E-state index < -0.39 is 0 Å². The summed E-state index contributed by atoms with van der Waals surface area (Å²) in [5.41, 5.74) is 2.90. The van der Waals surface area contributed by atoms with Crippen molar-refractivity contribution in [1.82, 2.24) is 9.80 Å². The molecular weight excluding hydrogens is 560 g/mol. The Bertz CT molecular complexity index is 1270. The lowest BCUT2D eigenvalue weighted by atomic mass is 10.0. The number of carbonyl (C=O) groups excluding carboxylic acids is 2. The summed E-state index contributed by atoms with van der Waals surface area (Å²) in [5, 5.41) is 2.02. The summed E-state index contributed by atoms with van der Waals surface area (Å²) in [6.45, 7) is 4.34. The molecule has 0 N–H and O–H groups in total. The molecule has 43 heavy (non-hydrogen) atoms. The Kier molecular flexibility index (Phi) is 12.9. The van der Waals surface area contributed by atoms with Gasteiger partial charge in [-0.1, -0.05) is 50.5 Å². The summed E-state index contributed by atoms with van der Waals surface area (Å²) in [7, 11) is 3.24. The molecule has 4 rings (SSSR count). The third-order valence-corrected chi connectivity index (χ3v) is 8.84. The SMILES string of the molecule is CCCCCCc1ccc(C(=O)N(CC(=O)N(CCc2ccc(OC)c(OC)c2)Cc2cccs2)CC2CCCO2)cc1. The number of amides is 2. The second-order valence-corrected chi connectivity index (χ2v) is 12.2. The number of aryl methyl sites for hydroxylation is 1. The van der Waals surface area contributed by atoms with Crippen LogP contribution in [-0.2, 0) is 28.9 Å². The fourth-order valence-electron chi connectivity index (χ4n) is 5.45. The van der Waals surface area contributed by atoms with Gasteiger partial charge in [-0.2, -0.15) is 0 Å². The predicted octanol–water partition coefficient (Wildman–Crippen LogP) is 6.78. The molecule has 1 saturated heterocycles. The van der Waals surface area contributed by atoms with Gasteiger partial charge in [0.05, 0.1) is 26.9 Å². The minimum atomic E-state index is -0.127. The van der Waals surface area contributed by atoms with Crippen LogP contribution in [0.25, 0.3) is 0 Å². The van der Waals surface area contributed by atoms with E-state index in [9.17, 15) is 9.59 Å². The van der Waals surface area contributed by atoms with Crippen LogP contribution < -0.4 is 9.47 Å². The zero-order valence-electron chi connectivity index (χ0n) is 25.9. The summed E-state index contributed by atoms with van der Waals surface area (Å²) < 4.78 is 16.7. The molecular formula is C35H46N2O5S. The van der Waals surface area contributed by atoms with Crippen LogP contribution in [0.3, 0.4) is 0 Å². The van der Waals surface area contributed by atoms with Crippen molar-refractivity contribution in [1.29, 1.82) is 0 Å². The molecule has 2 amide bonds. The van der Waals surface area contributed by atoms with Crippen molar-refractivity contribution in [2.45, 2.75) is 70.9 Å². The van der Waals surface area contributed by atoms with Crippen LogP contribution in [0.1, 0.15) is 71.8 Å². The quantitative estimate of drug-likeness (QED) is 0.159. The van der Waals surface area contributed by atoms with E-state index in [2.05, 4.69) is 19.1 Å². The lowest BCUT2D eigenvalue weighted by molar-refractivity contribution is -0.132. The highest BCUT2D eigenvalue weighted by atomic mass is 32.1. The number of ether oxygens (including phenoxy) is 3. The van der Waals surface area contributed by atoms with Crippen molar-refractivity contribution >= 4 is 23.2 Å². The zero-order valence-corrected chi connectivity index (χ0v) is 26.7. The molecule has 1 aliphatic heterocycles. The van der Waals surface area contributed by atoms with Crippen molar-refractivity contribution in [2.24, 2.45) is 0 Å². The van der Waals surface area contributed by atoms with Gasteiger partial charge in [0.15, 0.2) is 11.5 Å². The van der Waals surface area contributed by atoms with E-state index in [0.29, 0.717) is 49.7 Å². The molecule has 0 bridgehead atoms. The van der Waals surface area contributed by atoms with Gasteiger partial charge in [-0.05, 0) is 78.9 Å². The lowest BCUT2D eigenvalue weighted by Crippen LogP contribution is -2.45. The number of nitrogens with zero attached hydrogens (tertiary/aromatic N) is 2. The first-order chi connectivity index (χ1) is 21.0. The first kappa shape index (κ1) is 32.6.